The SMILES string of the molecule is c1ccc(N2c3ccccc3B3c4c2cccc4N(c2ccc4c(c2)C2(CCCCC2)c2ccccc2-4)c2ccc4c(c23)-c2ccccc2C42CCCCC2)cc1. The molecule has 7 aromatic rings. The zero-order chi connectivity index (χ0) is 37.3. The molecule has 2 spiro atoms. The molecule has 2 heterocycles. The van der Waals surface area contributed by atoms with Crippen LogP contribution < -0.4 is 26.2 Å². The number of hydrogen-bond acceptors (Lipinski definition) is 2. The Labute approximate surface area is 336 Å². The van der Waals surface area contributed by atoms with Crippen molar-refractivity contribution in [2.24, 2.45) is 0 Å². The number of nitrogens with zero attached hydrogens (tertiary/aromatic N) is 2. The standard InChI is InChI=1S/C54H45BN2/c1-4-17-36(18-5-1)56-46-24-11-10-23-45(46)55-51-47(56)25-16-26-48(51)57(37-27-28-39-38-19-6-8-21-41(38)54(44(39)35-37)33-14-3-15-34-54)49-30-29-43-50(52(49)55)40-20-7-9-22-42(40)53(43)31-12-2-13-32-53/h1,4-11,16-30,35H,2-3,12-15,31-34H2. The Morgan fingerprint density at radius 1 is 0.368 bits per heavy atom. The van der Waals surface area contributed by atoms with Crippen molar-refractivity contribution >= 4 is 57.2 Å². The van der Waals surface area contributed by atoms with Gasteiger partial charge in [-0.3, -0.25) is 0 Å². The zero-order valence-corrected chi connectivity index (χ0v) is 32.5. The van der Waals surface area contributed by atoms with Crippen LogP contribution >= 0.6 is 0 Å². The molecule has 6 aliphatic rings. The van der Waals surface area contributed by atoms with Crippen molar-refractivity contribution in [2.75, 3.05) is 9.80 Å². The summed E-state index contributed by atoms with van der Waals surface area (Å²) in [6, 6.07) is 58.9. The van der Waals surface area contributed by atoms with Crippen LogP contribution in [0.4, 0.5) is 34.1 Å². The van der Waals surface area contributed by atoms with Crippen LogP contribution in [0.2, 0.25) is 0 Å². The molecule has 274 valence electrons. The van der Waals surface area contributed by atoms with Gasteiger partial charge in [0.25, 0.3) is 6.71 Å². The van der Waals surface area contributed by atoms with Crippen molar-refractivity contribution in [3.05, 3.63) is 174 Å². The molecule has 0 atom stereocenters. The van der Waals surface area contributed by atoms with Crippen molar-refractivity contribution in [1.29, 1.82) is 0 Å². The van der Waals surface area contributed by atoms with Crippen LogP contribution in [0.1, 0.15) is 86.5 Å². The largest absolute Gasteiger partial charge is 0.311 e. The number of fused-ring (bicyclic) bond motifs is 15. The van der Waals surface area contributed by atoms with Crippen LogP contribution in [0.5, 0.6) is 0 Å². The Bertz CT molecular complexity index is 2790. The van der Waals surface area contributed by atoms with Gasteiger partial charge in [-0.05, 0) is 135 Å². The highest BCUT2D eigenvalue weighted by atomic mass is 15.2. The normalized spacial score (nSPS) is 18.4. The lowest BCUT2D eigenvalue weighted by atomic mass is 9.32. The summed E-state index contributed by atoms with van der Waals surface area (Å²) < 4.78 is 0. The average Bonchev–Trinajstić information content (AvgIpc) is 3.70. The summed E-state index contributed by atoms with van der Waals surface area (Å²) in [5, 5.41) is 0. The summed E-state index contributed by atoms with van der Waals surface area (Å²) in [5.41, 5.74) is 24.2. The molecule has 0 aromatic heterocycles. The zero-order valence-electron chi connectivity index (χ0n) is 32.5. The summed E-state index contributed by atoms with van der Waals surface area (Å²) in [6.07, 6.45) is 12.8. The van der Waals surface area contributed by atoms with E-state index in [0.29, 0.717) is 0 Å². The second kappa shape index (κ2) is 11.9. The maximum Gasteiger partial charge on any atom is 0.252 e. The number of hydrogen-bond donors (Lipinski definition) is 0. The first kappa shape index (κ1) is 32.3. The maximum absolute atomic E-state index is 2.68. The predicted molar refractivity (Wildman–Crippen MR) is 239 cm³/mol. The van der Waals surface area contributed by atoms with E-state index in [0.717, 1.165) is 0 Å². The van der Waals surface area contributed by atoms with Gasteiger partial charge in [-0.25, -0.2) is 0 Å². The highest BCUT2D eigenvalue weighted by molar-refractivity contribution is 7.01. The smallest absolute Gasteiger partial charge is 0.252 e. The van der Waals surface area contributed by atoms with E-state index in [-0.39, 0.29) is 17.5 Å². The third-order valence-electron chi connectivity index (χ3n) is 15.2. The van der Waals surface area contributed by atoms with E-state index in [4.69, 9.17) is 0 Å². The van der Waals surface area contributed by atoms with Gasteiger partial charge in [-0.1, -0.05) is 142 Å². The highest BCUT2D eigenvalue weighted by Crippen LogP contribution is 2.59. The van der Waals surface area contributed by atoms with Crippen LogP contribution in [0.25, 0.3) is 22.3 Å². The Morgan fingerprint density at radius 3 is 1.68 bits per heavy atom. The lowest BCUT2D eigenvalue weighted by Gasteiger charge is -2.45. The molecule has 0 unspecified atom stereocenters. The molecule has 2 aliphatic heterocycles. The molecule has 2 fully saturated rings. The van der Waals surface area contributed by atoms with Crippen LogP contribution in [-0.4, -0.2) is 6.71 Å². The molecular formula is C54H45BN2. The first-order chi connectivity index (χ1) is 28.3. The van der Waals surface area contributed by atoms with E-state index in [1.165, 1.54) is 137 Å². The lowest BCUT2D eigenvalue weighted by Crippen LogP contribution is -2.62. The van der Waals surface area contributed by atoms with E-state index < -0.39 is 0 Å². The number of para-hydroxylation sites is 2. The van der Waals surface area contributed by atoms with Gasteiger partial charge in [0.05, 0.1) is 0 Å². The summed E-state index contributed by atoms with van der Waals surface area (Å²) in [7, 11) is 0. The van der Waals surface area contributed by atoms with Crippen molar-refractivity contribution in [3.63, 3.8) is 0 Å². The van der Waals surface area contributed by atoms with Crippen LogP contribution in [0.3, 0.4) is 0 Å². The van der Waals surface area contributed by atoms with E-state index in [1.807, 2.05) is 0 Å². The summed E-state index contributed by atoms with van der Waals surface area (Å²) in [6.45, 7) is 0.101. The first-order valence-corrected chi connectivity index (χ1v) is 21.7. The molecule has 4 aliphatic carbocycles. The Balaban J connectivity index is 1.12. The van der Waals surface area contributed by atoms with Crippen LogP contribution in [-0.2, 0) is 10.8 Å². The van der Waals surface area contributed by atoms with Gasteiger partial charge in [-0.2, -0.15) is 0 Å². The number of rotatable bonds is 2. The molecule has 0 amide bonds. The summed E-state index contributed by atoms with van der Waals surface area (Å²) >= 11 is 0. The van der Waals surface area contributed by atoms with Crippen LogP contribution in [0, 0.1) is 0 Å². The average molecular weight is 733 g/mol. The summed E-state index contributed by atoms with van der Waals surface area (Å²) in [4.78, 5) is 5.21. The Kier molecular flexibility index (Phi) is 6.73. The van der Waals surface area contributed by atoms with E-state index >= 15 is 0 Å². The van der Waals surface area contributed by atoms with Gasteiger partial charge in [0.15, 0.2) is 0 Å². The molecule has 0 bridgehead atoms. The minimum absolute atomic E-state index is 0.0841. The molecule has 0 saturated heterocycles. The molecule has 3 heteroatoms. The Morgan fingerprint density at radius 2 is 0.930 bits per heavy atom. The second-order valence-corrected chi connectivity index (χ2v) is 17.7. The quantitative estimate of drug-likeness (QED) is 0.163. The summed E-state index contributed by atoms with van der Waals surface area (Å²) in [5.74, 6) is 0. The molecule has 13 rings (SSSR count). The van der Waals surface area contributed by atoms with E-state index in [1.54, 1.807) is 22.3 Å². The van der Waals surface area contributed by atoms with Gasteiger partial charge in [0, 0.05) is 45.0 Å². The third-order valence-corrected chi connectivity index (χ3v) is 15.2. The van der Waals surface area contributed by atoms with Crippen molar-refractivity contribution in [3.8, 4) is 22.3 Å². The predicted octanol–water partition coefficient (Wildman–Crippen LogP) is 12.2. The van der Waals surface area contributed by atoms with Crippen molar-refractivity contribution in [1.82, 2.24) is 0 Å². The third kappa shape index (κ3) is 4.17. The second-order valence-electron chi connectivity index (χ2n) is 17.7. The molecule has 0 N–H and O–H groups in total. The van der Waals surface area contributed by atoms with Gasteiger partial charge < -0.3 is 9.80 Å². The van der Waals surface area contributed by atoms with Crippen molar-refractivity contribution in [2.45, 2.75) is 75.0 Å². The van der Waals surface area contributed by atoms with Gasteiger partial charge in [-0.15, -0.1) is 0 Å². The highest BCUT2D eigenvalue weighted by Gasteiger charge is 2.51. The molecule has 57 heavy (non-hydrogen) atoms. The fourth-order valence-electron chi connectivity index (χ4n) is 13.0. The Hall–Kier alpha value is -5.80. The maximum atomic E-state index is 2.68. The van der Waals surface area contributed by atoms with Gasteiger partial charge >= 0.3 is 0 Å². The molecule has 0 radical (unpaired) electrons. The van der Waals surface area contributed by atoms with Crippen molar-refractivity contribution < 1.29 is 0 Å². The molecular weight excluding hydrogens is 687 g/mol. The van der Waals surface area contributed by atoms with E-state index in [2.05, 4.69) is 161 Å². The molecule has 2 saturated carbocycles. The van der Waals surface area contributed by atoms with Crippen LogP contribution in [0.15, 0.2) is 152 Å². The van der Waals surface area contributed by atoms with E-state index in [9.17, 15) is 0 Å². The number of benzene rings is 7. The van der Waals surface area contributed by atoms with Gasteiger partial charge in [0.2, 0.25) is 0 Å². The fourth-order valence-corrected chi connectivity index (χ4v) is 13.0. The first-order valence-electron chi connectivity index (χ1n) is 21.7. The molecule has 2 nitrogen and oxygen atoms in total. The monoisotopic (exact) mass is 732 g/mol. The van der Waals surface area contributed by atoms with Gasteiger partial charge in [0.1, 0.15) is 0 Å². The minimum atomic E-state index is 0.0841. The lowest BCUT2D eigenvalue weighted by molar-refractivity contribution is 0.353. The number of anilines is 6. The fraction of sp³-hybridized carbons (Fsp3) is 0.222. The minimum Gasteiger partial charge on any atom is -0.311 e. The topological polar surface area (TPSA) is 6.48 Å². The molecule has 7 aromatic carbocycles.